The van der Waals surface area contributed by atoms with Crippen LogP contribution in [0, 0.1) is 12.3 Å². The van der Waals surface area contributed by atoms with Crippen LogP contribution in [-0.4, -0.2) is 35.8 Å². The van der Waals surface area contributed by atoms with E-state index in [1.54, 1.807) is 4.68 Å². The van der Waals surface area contributed by atoms with Gasteiger partial charge in [0.2, 0.25) is 5.16 Å². The van der Waals surface area contributed by atoms with Crippen LogP contribution in [0.5, 0.6) is 0 Å². The molecule has 1 fully saturated rings. The van der Waals surface area contributed by atoms with E-state index in [0.29, 0.717) is 16.8 Å². The van der Waals surface area contributed by atoms with Gasteiger partial charge >= 0.3 is 0 Å². The lowest BCUT2D eigenvalue weighted by molar-refractivity contribution is 0.564. The van der Waals surface area contributed by atoms with Gasteiger partial charge in [0.05, 0.1) is 17.3 Å². The van der Waals surface area contributed by atoms with Crippen LogP contribution in [0.1, 0.15) is 30.1 Å². The topological polar surface area (TPSA) is 111 Å². The summed E-state index contributed by atoms with van der Waals surface area (Å²) in [6, 6.07) is 0.410. The molecule has 1 aliphatic carbocycles. The Balaban J connectivity index is 1.98. The molecule has 2 heterocycles. The molecule has 1 aliphatic rings. The number of hydrogen-bond donors (Lipinski definition) is 2. The Morgan fingerprint density at radius 1 is 1.47 bits per heavy atom. The molecule has 8 nitrogen and oxygen atoms in total. The lowest BCUT2D eigenvalue weighted by Gasteiger charge is -2.05. The van der Waals surface area contributed by atoms with E-state index < -0.39 is 0 Å². The smallest absolute Gasteiger partial charge is 0.215 e. The molecule has 0 aromatic carbocycles. The fourth-order valence-corrected chi connectivity index (χ4v) is 3.01. The van der Waals surface area contributed by atoms with E-state index in [4.69, 9.17) is 11.1 Å². The predicted molar refractivity (Wildman–Crippen MR) is 69.2 cm³/mol. The molecule has 2 aromatic rings. The van der Waals surface area contributed by atoms with Crippen molar-refractivity contribution < 1.29 is 0 Å². The summed E-state index contributed by atoms with van der Waals surface area (Å²) >= 11 is 1.40. The summed E-state index contributed by atoms with van der Waals surface area (Å²) in [5.41, 5.74) is 7.02. The van der Waals surface area contributed by atoms with Gasteiger partial charge in [0.25, 0.3) is 0 Å². The highest BCUT2D eigenvalue weighted by Gasteiger charge is 2.29. The summed E-state index contributed by atoms with van der Waals surface area (Å²) in [4.78, 5) is 0. The third-order valence-electron chi connectivity index (χ3n) is 2.98. The molecule has 100 valence electrons. The Kier molecular flexibility index (Phi) is 2.77. The molecule has 0 amide bonds. The summed E-state index contributed by atoms with van der Waals surface area (Å²) < 4.78 is 3.54. The highest BCUT2D eigenvalue weighted by atomic mass is 32.2. The van der Waals surface area contributed by atoms with Crippen LogP contribution in [-0.2, 0) is 7.05 Å². The van der Waals surface area contributed by atoms with Crippen LogP contribution < -0.4 is 5.73 Å². The summed E-state index contributed by atoms with van der Waals surface area (Å²) in [5, 5.41) is 25.2. The number of hydrogen-bond acceptors (Lipinski definition) is 6. The minimum atomic E-state index is 0.0125. The number of nitrogen functional groups attached to an aromatic ring is 1. The molecule has 2 aromatic heterocycles. The Bertz CT molecular complexity index is 638. The van der Waals surface area contributed by atoms with Crippen LogP contribution in [0.25, 0.3) is 0 Å². The number of nitrogens with two attached hydrogens (primary N) is 1. The van der Waals surface area contributed by atoms with Crippen molar-refractivity contribution in [2.45, 2.75) is 36.0 Å². The van der Waals surface area contributed by atoms with E-state index >= 15 is 0 Å². The standard InChI is InChI=1S/C10H14N8S/c1-5-7(8(11)12)9(17(2)14-5)19-10-13-15-16-18(10)6-3-4-6/h6H,3-4H2,1-2H3,(H3,11,12). The number of rotatable bonds is 4. The molecule has 0 atom stereocenters. The van der Waals surface area contributed by atoms with Crippen LogP contribution in [0.2, 0.25) is 0 Å². The van der Waals surface area contributed by atoms with Crippen molar-refractivity contribution in [2.24, 2.45) is 12.8 Å². The van der Waals surface area contributed by atoms with E-state index in [-0.39, 0.29) is 5.84 Å². The Morgan fingerprint density at radius 3 is 2.84 bits per heavy atom. The van der Waals surface area contributed by atoms with Gasteiger partial charge < -0.3 is 5.73 Å². The van der Waals surface area contributed by atoms with Gasteiger partial charge in [0.15, 0.2) is 0 Å². The van der Waals surface area contributed by atoms with E-state index in [1.807, 2.05) is 18.7 Å². The molecule has 0 unspecified atom stereocenters. The van der Waals surface area contributed by atoms with Gasteiger partial charge in [0, 0.05) is 7.05 Å². The highest BCUT2D eigenvalue weighted by Crippen LogP contribution is 2.38. The summed E-state index contributed by atoms with van der Waals surface area (Å²) in [5.74, 6) is 0.0125. The van der Waals surface area contributed by atoms with Crippen LogP contribution in [0.4, 0.5) is 0 Å². The zero-order valence-electron chi connectivity index (χ0n) is 10.7. The van der Waals surface area contributed by atoms with Crippen molar-refractivity contribution in [3.8, 4) is 0 Å². The molecule has 0 bridgehead atoms. The molecule has 0 aliphatic heterocycles. The fraction of sp³-hybridized carbons (Fsp3) is 0.500. The van der Waals surface area contributed by atoms with E-state index in [0.717, 1.165) is 23.6 Å². The second kappa shape index (κ2) is 4.34. The summed E-state index contributed by atoms with van der Waals surface area (Å²) in [6.45, 7) is 1.84. The van der Waals surface area contributed by atoms with Crippen molar-refractivity contribution in [2.75, 3.05) is 0 Å². The minimum absolute atomic E-state index is 0.0125. The highest BCUT2D eigenvalue weighted by molar-refractivity contribution is 7.99. The summed E-state index contributed by atoms with van der Waals surface area (Å²) in [6.07, 6.45) is 2.23. The maximum absolute atomic E-state index is 7.66. The molecule has 0 saturated heterocycles. The first-order chi connectivity index (χ1) is 9.08. The molecule has 0 spiro atoms. The SMILES string of the molecule is Cc1nn(C)c(Sc2nnnn2C2CC2)c1C(=N)N. The first-order valence-corrected chi connectivity index (χ1v) is 6.73. The van der Waals surface area contributed by atoms with Gasteiger partial charge in [-0.15, -0.1) is 5.10 Å². The van der Waals surface area contributed by atoms with Gasteiger partial charge in [-0.3, -0.25) is 10.1 Å². The molecule has 9 heteroatoms. The maximum Gasteiger partial charge on any atom is 0.215 e. The molecule has 0 radical (unpaired) electrons. The quantitative estimate of drug-likeness (QED) is 0.621. The van der Waals surface area contributed by atoms with Crippen molar-refractivity contribution >= 4 is 17.6 Å². The molecule has 3 rings (SSSR count). The minimum Gasteiger partial charge on any atom is -0.384 e. The van der Waals surface area contributed by atoms with Crippen molar-refractivity contribution in [1.29, 1.82) is 5.41 Å². The first-order valence-electron chi connectivity index (χ1n) is 5.91. The second-order valence-electron chi connectivity index (χ2n) is 4.54. The predicted octanol–water partition coefficient (Wildman–Crippen LogP) is 0.485. The van der Waals surface area contributed by atoms with E-state index in [1.165, 1.54) is 11.8 Å². The average Bonchev–Trinajstić information content (AvgIpc) is 3.01. The largest absolute Gasteiger partial charge is 0.384 e. The molecular weight excluding hydrogens is 264 g/mol. The van der Waals surface area contributed by atoms with E-state index in [2.05, 4.69) is 20.6 Å². The molecular formula is C10H14N8S. The van der Waals surface area contributed by atoms with Gasteiger partial charge in [-0.25, -0.2) is 4.68 Å². The summed E-state index contributed by atoms with van der Waals surface area (Å²) in [7, 11) is 1.83. The Hall–Kier alpha value is -1.90. The zero-order chi connectivity index (χ0) is 13.6. The average molecular weight is 278 g/mol. The number of amidine groups is 1. The fourth-order valence-electron chi connectivity index (χ4n) is 1.95. The van der Waals surface area contributed by atoms with Gasteiger partial charge in [-0.05, 0) is 42.0 Å². The van der Waals surface area contributed by atoms with Crippen LogP contribution in [0.3, 0.4) is 0 Å². The van der Waals surface area contributed by atoms with Crippen LogP contribution >= 0.6 is 11.8 Å². The van der Waals surface area contributed by atoms with Crippen molar-refractivity contribution in [1.82, 2.24) is 30.0 Å². The lowest BCUT2D eigenvalue weighted by Crippen LogP contribution is -2.13. The van der Waals surface area contributed by atoms with Crippen molar-refractivity contribution in [3.05, 3.63) is 11.3 Å². The Morgan fingerprint density at radius 2 is 2.21 bits per heavy atom. The molecule has 19 heavy (non-hydrogen) atoms. The van der Waals surface area contributed by atoms with E-state index in [9.17, 15) is 0 Å². The number of aromatic nitrogens is 6. The van der Waals surface area contributed by atoms with Gasteiger partial charge in [0.1, 0.15) is 10.9 Å². The number of nitrogens with one attached hydrogen (secondary N) is 1. The number of aryl methyl sites for hydroxylation is 2. The zero-order valence-corrected chi connectivity index (χ0v) is 11.5. The maximum atomic E-state index is 7.66. The van der Waals surface area contributed by atoms with Crippen molar-refractivity contribution in [3.63, 3.8) is 0 Å². The second-order valence-corrected chi connectivity index (χ2v) is 5.50. The Labute approximate surface area is 113 Å². The first kappa shape index (κ1) is 12.2. The monoisotopic (exact) mass is 278 g/mol. The van der Waals surface area contributed by atoms with Gasteiger partial charge in [-0.2, -0.15) is 5.10 Å². The van der Waals surface area contributed by atoms with Gasteiger partial charge in [-0.1, -0.05) is 0 Å². The number of nitrogens with zero attached hydrogens (tertiary/aromatic N) is 6. The van der Waals surface area contributed by atoms with Crippen LogP contribution in [0.15, 0.2) is 10.2 Å². The third-order valence-corrected chi connectivity index (χ3v) is 4.10. The molecule has 1 saturated carbocycles. The third kappa shape index (κ3) is 2.09. The molecule has 3 N–H and O–H groups in total. The normalized spacial score (nSPS) is 14.8. The lowest BCUT2D eigenvalue weighted by atomic mass is 10.2. The number of tetrazole rings is 1.